The van der Waals surface area contributed by atoms with E-state index in [4.69, 9.17) is 16.2 Å². The molecular formula is C12H15F3N2O2. The van der Waals surface area contributed by atoms with Crippen molar-refractivity contribution < 1.29 is 22.7 Å². The van der Waals surface area contributed by atoms with Crippen LogP contribution in [0.1, 0.15) is 24.5 Å². The van der Waals surface area contributed by atoms with Gasteiger partial charge < -0.3 is 16.2 Å². The molecule has 1 aromatic rings. The van der Waals surface area contributed by atoms with Crippen LogP contribution in [-0.4, -0.2) is 12.0 Å². The Morgan fingerprint density at radius 3 is 2.47 bits per heavy atom. The number of alkyl halides is 3. The molecule has 1 atom stereocenters. The number of hydrogen-bond acceptors (Lipinski definition) is 3. The van der Waals surface area contributed by atoms with Crippen LogP contribution >= 0.6 is 0 Å². The first-order valence-electron chi connectivity index (χ1n) is 5.65. The standard InChI is InChI=1S/C12H15F3N2O2/c1-2-9(11(17)18)19-10-4-3-7(6-16)5-8(10)12(13,14)15/h3-5,9H,2,6,16H2,1H3,(H2,17,18). The molecule has 0 saturated heterocycles. The zero-order valence-electron chi connectivity index (χ0n) is 10.3. The minimum Gasteiger partial charge on any atom is -0.480 e. The molecule has 4 nitrogen and oxygen atoms in total. The Morgan fingerprint density at radius 1 is 1.42 bits per heavy atom. The van der Waals surface area contributed by atoms with Crippen LogP contribution in [0.25, 0.3) is 0 Å². The largest absolute Gasteiger partial charge is 0.480 e. The molecule has 0 radical (unpaired) electrons. The average Bonchev–Trinajstić information content (AvgIpc) is 2.34. The number of benzene rings is 1. The normalized spacial score (nSPS) is 13.1. The van der Waals surface area contributed by atoms with Crippen LogP contribution in [-0.2, 0) is 17.5 Å². The fourth-order valence-electron chi connectivity index (χ4n) is 1.52. The number of rotatable bonds is 5. The lowest BCUT2D eigenvalue weighted by Crippen LogP contribution is -2.33. The number of ether oxygens (including phenoxy) is 1. The van der Waals surface area contributed by atoms with E-state index in [2.05, 4.69) is 0 Å². The van der Waals surface area contributed by atoms with E-state index in [0.717, 1.165) is 12.1 Å². The van der Waals surface area contributed by atoms with Gasteiger partial charge in [-0.2, -0.15) is 13.2 Å². The zero-order valence-corrected chi connectivity index (χ0v) is 10.3. The molecular weight excluding hydrogens is 261 g/mol. The molecule has 19 heavy (non-hydrogen) atoms. The van der Waals surface area contributed by atoms with E-state index in [-0.39, 0.29) is 13.0 Å². The molecule has 1 aromatic carbocycles. The third-order valence-corrected chi connectivity index (χ3v) is 2.54. The number of hydrogen-bond donors (Lipinski definition) is 2. The highest BCUT2D eigenvalue weighted by Gasteiger charge is 2.35. The van der Waals surface area contributed by atoms with E-state index in [1.54, 1.807) is 6.92 Å². The van der Waals surface area contributed by atoms with Crippen LogP contribution in [0.5, 0.6) is 5.75 Å². The number of halogens is 3. The minimum absolute atomic E-state index is 0.0175. The summed E-state index contributed by atoms with van der Waals surface area (Å²) in [7, 11) is 0. The highest BCUT2D eigenvalue weighted by atomic mass is 19.4. The summed E-state index contributed by atoms with van der Waals surface area (Å²) in [5.41, 5.74) is 9.71. The van der Waals surface area contributed by atoms with E-state index in [0.29, 0.717) is 5.56 Å². The smallest absolute Gasteiger partial charge is 0.419 e. The van der Waals surface area contributed by atoms with Gasteiger partial charge in [0.25, 0.3) is 5.91 Å². The first-order valence-corrected chi connectivity index (χ1v) is 5.65. The first kappa shape index (κ1) is 15.3. The van der Waals surface area contributed by atoms with Crippen molar-refractivity contribution in [3.05, 3.63) is 29.3 Å². The van der Waals surface area contributed by atoms with Crippen molar-refractivity contribution in [3.63, 3.8) is 0 Å². The summed E-state index contributed by atoms with van der Waals surface area (Å²) in [5, 5.41) is 0. The van der Waals surface area contributed by atoms with Crippen LogP contribution in [0.15, 0.2) is 18.2 Å². The summed E-state index contributed by atoms with van der Waals surface area (Å²) >= 11 is 0. The highest BCUT2D eigenvalue weighted by Crippen LogP contribution is 2.37. The summed E-state index contributed by atoms with van der Waals surface area (Å²) in [5.74, 6) is -1.23. The number of carbonyl (C=O) groups is 1. The molecule has 0 fully saturated rings. The van der Waals surface area contributed by atoms with Crippen molar-refractivity contribution in [1.82, 2.24) is 0 Å². The SMILES string of the molecule is CCC(Oc1ccc(CN)cc1C(F)(F)F)C(N)=O. The van der Waals surface area contributed by atoms with Crippen LogP contribution < -0.4 is 16.2 Å². The van der Waals surface area contributed by atoms with E-state index in [9.17, 15) is 18.0 Å². The molecule has 0 saturated carbocycles. The third-order valence-electron chi connectivity index (χ3n) is 2.54. The van der Waals surface area contributed by atoms with Crippen molar-refractivity contribution in [2.75, 3.05) is 0 Å². The van der Waals surface area contributed by atoms with Crippen LogP contribution in [0.3, 0.4) is 0 Å². The fourth-order valence-corrected chi connectivity index (χ4v) is 1.52. The fraction of sp³-hybridized carbons (Fsp3) is 0.417. The summed E-state index contributed by atoms with van der Waals surface area (Å²) in [6, 6.07) is 3.47. The molecule has 0 bridgehead atoms. The van der Waals surface area contributed by atoms with Gasteiger partial charge in [0.05, 0.1) is 5.56 Å². The van der Waals surface area contributed by atoms with Gasteiger partial charge in [-0.05, 0) is 24.1 Å². The van der Waals surface area contributed by atoms with Crippen LogP contribution in [0.2, 0.25) is 0 Å². The van der Waals surface area contributed by atoms with Gasteiger partial charge in [0.1, 0.15) is 5.75 Å². The molecule has 1 unspecified atom stereocenters. The third kappa shape index (κ3) is 3.85. The van der Waals surface area contributed by atoms with Gasteiger partial charge in [-0.3, -0.25) is 4.79 Å². The Morgan fingerprint density at radius 2 is 2.05 bits per heavy atom. The molecule has 4 N–H and O–H groups in total. The van der Waals surface area contributed by atoms with Crippen molar-refractivity contribution in [2.45, 2.75) is 32.2 Å². The minimum atomic E-state index is -4.59. The van der Waals surface area contributed by atoms with Crippen molar-refractivity contribution in [3.8, 4) is 5.75 Å². The predicted octanol–water partition coefficient (Wildman–Crippen LogP) is 1.81. The van der Waals surface area contributed by atoms with Gasteiger partial charge >= 0.3 is 6.18 Å². The Bertz CT molecular complexity index is 461. The summed E-state index contributed by atoms with van der Waals surface area (Å²) in [6.45, 7) is 1.58. The summed E-state index contributed by atoms with van der Waals surface area (Å²) in [4.78, 5) is 11.0. The quantitative estimate of drug-likeness (QED) is 0.860. The Hall–Kier alpha value is -1.76. The first-order chi connectivity index (χ1) is 8.79. The molecule has 0 heterocycles. The average molecular weight is 276 g/mol. The Labute approximate surface area is 108 Å². The van der Waals surface area contributed by atoms with Crippen molar-refractivity contribution in [2.24, 2.45) is 11.5 Å². The van der Waals surface area contributed by atoms with Gasteiger partial charge in [0, 0.05) is 6.54 Å². The molecule has 7 heteroatoms. The van der Waals surface area contributed by atoms with Crippen LogP contribution in [0.4, 0.5) is 13.2 Å². The van der Waals surface area contributed by atoms with E-state index in [1.165, 1.54) is 6.07 Å². The van der Waals surface area contributed by atoms with E-state index < -0.39 is 29.5 Å². The summed E-state index contributed by atoms with van der Waals surface area (Å²) < 4.78 is 43.7. The summed E-state index contributed by atoms with van der Waals surface area (Å²) in [6.07, 6.45) is -5.49. The topological polar surface area (TPSA) is 78.3 Å². The molecule has 1 rings (SSSR count). The molecule has 0 aromatic heterocycles. The second kappa shape index (κ2) is 5.92. The second-order valence-corrected chi connectivity index (χ2v) is 3.95. The number of primary amides is 1. The monoisotopic (exact) mass is 276 g/mol. The van der Waals surface area contributed by atoms with Crippen molar-refractivity contribution in [1.29, 1.82) is 0 Å². The number of nitrogens with two attached hydrogens (primary N) is 2. The maximum atomic E-state index is 12.9. The van der Waals surface area contributed by atoms with Gasteiger partial charge in [0.15, 0.2) is 6.10 Å². The lowest BCUT2D eigenvalue weighted by Gasteiger charge is -2.19. The lowest BCUT2D eigenvalue weighted by atomic mass is 10.1. The van der Waals surface area contributed by atoms with E-state index >= 15 is 0 Å². The van der Waals surface area contributed by atoms with Gasteiger partial charge in [0.2, 0.25) is 0 Å². The Balaban J connectivity index is 3.16. The Kier molecular flexibility index (Phi) is 4.77. The second-order valence-electron chi connectivity index (χ2n) is 3.95. The molecule has 0 spiro atoms. The maximum absolute atomic E-state index is 12.9. The number of carbonyl (C=O) groups excluding carboxylic acids is 1. The predicted molar refractivity (Wildman–Crippen MR) is 63.2 cm³/mol. The zero-order chi connectivity index (χ0) is 14.6. The van der Waals surface area contributed by atoms with Crippen LogP contribution in [0, 0.1) is 0 Å². The highest BCUT2D eigenvalue weighted by molar-refractivity contribution is 5.79. The van der Waals surface area contributed by atoms with Crippen molar-refractivity contribution >= 4 is 5.91 Å². The molecule has 0 aliphatic rings. The molecule has 106 valence electrons. The van der Waals surface area contributed by atoms with Gasteiger partial charge in [-0.1, -0.05) is 13.0 Å². The molecule has 1 amide bonds. The van der Waals surface area contributed by atoms with E-state index in [1.807, 2.05) is 0 Å². The van der Waals surface area contributed by atoms with Gasteiger partial charge in [-0.25, -0.2) is 0 Å². The van der Waals surface area contributed by atoms with Gasteiger partial charge in [-0.15, -0.1) is 0 Å². The lowest BCUT2D eigenvalue weighted by molar-refractivity contribution is -0.140. The molecule has 0 aliphatic carbocycles. The molecule has 0 aliphatic heterocycles. The maximum Gasteiger partial charge on any atom is 0.419 e. The number of amides is 1.